The number of hydrogen-bond donors (Lipinski definition) is 0. The van der Waals surface area contributed by atoms with E-state index in [1.165, 1.54) is 6.07 Å². The van der Waals surface area contributed by atoms with Gasteiger partial charge in [0.15, 0.2) is 0 Å². The summed E-state index contributed by atoms with van der Waals surface area (Å²) >= 11 is 0. The van der Waals surface area contributed by atoms with Crippen LogP contribution in [-0.2, 0) is 4.79 Å². The standard InChI is InChI=1S/C16H13FO2/c1-4-13-14-7-6-12(19-16(18)10(2)3)9-11(14)5-8-15(13)17/h1,5-10H,2-3H3. The molecule has 0 aromatic heterocycles. The summed E-state index contributed by atoms with van der Waals surface area (Å²) in [4.78, 5) is 11.5. The first kappa shape index (κ1) is 13.1. The Morgan fingerprint density at radius 1 is 1.32 bits per heavy atom. The lowest BCUT2D eigenvalue weighted by Gasteiger charge is -2.08. The van der Waals surface area contributed by atoms with Gasteiger partial charge in [-0.05, 0) is 29.7 Å². The lowest BCUT2D eigenvalue weighted by Crippen LogP contribution is -2.14. The number of carbonyl (C=O) groups excluding carboxylic acids is 1. The highest BCUT2D eigenvalue weighted by molar-refractivity contribution is 5.90. The van der Waals surface area contributed by atoms with Crippen molar-refractivity contribution in [2.24, 2.45) is 5.92 Å². The van der Waals surface area contributed by atoms with E-state index in [1.807, 2.05) is 0 Å². The molecule has 0 atom stereocenters. The summed E-state index contributed by atoms with van der Waals surface area (Å²) in [5, 5.41) is 1.37. The van der Waals surface area contributed by atoms with Crippen molar-refractivity contribution in [3.05, 3.63) is 41.7 Å². The lowest BCUT2D eigenvalue weighted by atomic mass is 10.0. The quantitative estimate of drug-likeness (QED) is 0.467. The van der Waals surface area contributed by atoms with Crippen molar-refractivity contribution in [3.8, 4) is 18.1 Å². The van der Waals surface area contributed by atoms with Gasteiger partial charge in [-0.25, -0.2) is 4.39 Å². The summed E-state index contributed by atoms with van der Waals surface area (Å²) in [7, 11) is 0. The largest absolute Gasteiger partial charge is 0.426 e. The smallest absolute Gasteiger partial charge is 0.313 e. The highest BCUT2D eigenvalue weighted by Crippen LogP contribution is 2.25. The van der Waals surface area contributed by atoms with Crippen molar-refractivity contribution in [2.75, 3.05) is 0 Å². The maximum absolute atomic E-state index is 13.5. The predicted molar refractivity (Wildman–Crippen MR) is 72.3 cm³/mol. The third-order valence-electron chi connectivity index (χ3n) is 2.77. The molecule has 0 amide bonds. The van der Waals surface area contributed by atoms with Gasteiger partial charge < -0.3 is 4.74 Å². The number of ether oxygens (including phenoxy) is 1. The third-order valence-corrected chi connectivity index (χ3v) is 2.77. The molecule has 0 aliphatic heterocycles. The van der Waals surface area contributed by atoms with Gasteiger partial charge in [0.1, 0.15) is 11.6 Å². The summed E-state index contributed by atoms with van der Waals surface area (Å²) in [6.45, 7) is 3.52. The monoisotopic (exact) mass is 256 g/mol. The van der Waals surface area contributed by atoms with Crippen LogP contribution in [0.5, 0.6) is 5.75 Å². The van der Waals surface area contributed by atoms with Crippen LogP contribution in [0.2, 0.25) is 0 Å². The van der Waals surface area contributed by atoms with Crippen molar-refractivity contribution in [1.29, 1.82) is 0 Å². The summed E-state index contributed by atoms with van der Waals surface area (Å²) in [6, 6.07) is 7.87. The Morgan fingerprint density at radius 3 is 2.68 bits per heavy atom. The van der Waals surface area contributed by atoms with Crippen LogP contribution in [0.1, 0.15) is 19.4 Å². The fraction of sp³-hybridized carbons (Fsp3) is 0.188. The van der Waals surface area contributed by atoms with Gasteiger partial charge in [-0.1, -0.05) is 25.8 Å². The van der Waals surface area contributed by atoms with Crippen molar-refractivity contribution < 1.29 is 13.9 Å². The molecule has 2 aromatic rings. The second kappa shape index (κ2) is 5.11. The van der Waals surface area contributed by atoms with Crippen molar-refractivity contribution in [2.45, 2.75) is 13.8 Å². The van der Waals surface area contributed by atoms with E-state index in [-0.39, 0.29) is 17.5 Å². The minimum atomic E-state index is -0.429. The molecule has 0 spiro atoms. The zero-order valence-electron chi connectivity index (χ0n) is 10.7. The SMILES string of the molecule is C#Cc1c(F)ccc2cc(OC(=O)C(C)C)ccc12. The molecule has 96 valence electrons. The first-order valence-electron chi connectivity index (χ1n) is 5.93. The number of terminal acetylenes is 1. The van der Waals surface area contributed by atoms with E-state index in [0.29, 0.717) is 11.1 Å². The van der Waals surface area contributed by atoms with Crippen LogP contribution in [0.3, 0.4) is 0 Å². The molecule has 0 bridgehead atoms. The Balaban J connectivity index is 2.46. The number of esters is 1. The molecule has 0 unspecified atom stereocenters. The molecule has 2 aromatic carbocycles. The Morgan fingerprint density at radius 2 is 2.05 bits per heavy atom. The maximum atomic E-state index is 13.5. The normalized spacial score (nSPS) is 10.5. The van der Waals surface area contributed by atoms with E-state index in [2.05, 4.69) is 5.92 Å². The topological polar surface area (TPSA) is 26.3 Å². The van der Waals surface area contributed by atoms with Crippen LogP contribution >= 0.6 is 0 Å². The summed E-state index contributed by atoms with van der Waals surface area (Å²) in [5.41, 5.74) is 0.222. The van der Waals surface area contributed by atoms with Crippen molar-refractivity contribution >= 4 is 16.7 Å². The molecular weight excluding hydrogens is 243 g/mol. The molecule has 0 N–H and O–H groups in total. The van der Waals surface area contributed by atoms with Gasteiger partial charge in [0.25, 0.3) is 0 Å². The molecule has 0 aliphatic carbocycles. The summed E-state index contributed by atoms with van der Waals surface area (Å²) in [5.74, 6) is 1.83. The van der Waals surface area contributed by atoms with Crippen LogP contribution in [0, 0.1) is 24.1 Å². The molecule has 3 heteroatoms. The molecule has 2 rings (SSSR count). The van der Waals surface area contributed by atoms with E-state index in [1.54, 1.807) is 38.1 Å². The van der Waals surface area contributed by atoms with Crippen LogP contribution in [-0.4, -0.2) is 5.97 Å². The van der Waals surface area contributed by atoms with E-state index in [9.17, 15) is 9.18 Å². The molecule has 0 heterocycles. The zero-order valence-corrected chi connectivity index (χ0v) is 10.7. The van der Waals surface area contributed by atoms with E-state index < -0.39 is 5.82 Å². The third kappa shape index (κ3) is 2.58. The zero-order chi connectivity index (χ0) is 14.0. The molecule has 0 fully saturated rings. The highest BCUT2D eigenvalue weighted by Gasteiger charge is 2.11. The Kier molecular flexibility index (Phi) is 3.52. The van der Waals surface area contributed by atoms with E-state index in [0.717, 1.165) is 5.39 Å². The Hall–Kier alpha value is -2.34. The molecule has 0 saturated carbocycles. The van der Waals surface area contributed by atoms with Gasteiger partial charge in [0.2, 0.25) is 0 Å². The molecule has 19 heavy (non-hydrogen) atoms. The predicted octanol–water partition coefficient (Wildman–Crippen LogP) is 3.52. The number of halogens is 1. The van der Waals surface area contributed by atoms with Gasteiger partial charge in [0.05, 0.1) is 11.5 Å². The molecular formula is C16H13FO2. The molecule has 0 aliphatic rings. The fourth-order valence-corrected chi connectivity index (χ4v) is 1.73. The second-order valence-electron chi connectivity index (χ2n) is 4.53. The highest BCUT2D eigenvalue weighted by atomic mass is 19.1. The van der Waals surface area contributed by atoms with Crippen molar-refractivity contribution in [3.63, 3.8) is 0 Å². The average molecular weight is 256 g/mol. The minimum Gasteiger partial charge on any atom is -0.426 e. The van der Waals surface area contributed by atoms with E-state index in [4.69, 9.17) is 11.2 Å². The van der Waals surface area contributed by atoms with Crippen LogP contribution in [0.4, 0.5) is 4.39 Å². The second-order valence-corrected chi connectivity index (χ2v) is 4.53. The van der Waals surface area contributed by atoms with Gasteiger partial charge in [0, 0.05) is 5.39 Å². The fourth-order valence-electron chi connectivity index (χ4n) is 1.73. The van der Waals surface area contributed by atoms with Crippen molar-refractivity contribution in [1.82, 2.24) is 0 Å². The van der Waals surface area contributed by atoms with Gasteiger partial charge >= 0.3 is 5.97 Å². The lowest BCUT2D eigenvalue weighted by molar-refractivity contribution is -0.137. The number of rotatable bonds is 2. The number of fused-ring (bicyclic) bond motifs is 1. The van der Waals surface area contributed by atoms with Gasteiger partial charge in [-0.15, -0.1) is 6.42 Å². The first-order valence-corrected chi connectivity index (χ1v) is 5.93. The summed E-state index contributed by atoms with van der Waals surface area (Å²) in [6.07, 6.45) is 5.30. The number of benzene rings is 2. The molecule has 0 radical (unpaired) electrons. The van der Waals surface area contributed by atoms with Gasteiger partial charge in [-0.2, -0.15) is 0 Å². The van der Waals surface area contributed by atoms with Crippen LogP contribution < -0.4 is 4.74 Å². The van der Waals surface area contributed by atoms with Crippen LogP contribution in [0.15, 0.2) is 30.3 Å². The van der Waals surface area contributed by atoms with Gasteiger partial charge in [-0.3, -0.25) is 4.79 Å². The average Bonchev–Trinajstić information content (AvgIpc) is 2.38. The summed E-state index contributed by atoms with van der Waals surface area (Å²) < 4.78 is 18.7. The van der Waals surface area contributed by atoms with E-state index >= 15 is 0 Å². The number of carbonyl (C=O) groups is 1. The minimum absolute atomic E-state index is 0.204. The molecule has 0 saturated heterocycles. The first-order chi connectivity index (χ1) is 9.02. The maximum Gasteiger partial charge on any atom is 0.313 e. The van der Waals surface area contributed by atoms with Crippen LogP contribution in [0.25, 0.3) is 10.8 Å². The molecule has 2 nitrogen and oxygen atoms in total. The number of hydrogen-bond acceptors (Lipinski definition) is 2. The Bertz CT molecular complexity index is 681. The Labute approximate surface area is 111 Å².